The maximum absolute atomic E-state index is 6.52. The summed E-state index contributed by atoms with van der Waals surface area (Å²) in [6.45, 7) is 0. The van der Waals surface area contributed by atoms with Gasteiger partial charge < -0.3 is 13.7 Å². The second-order valence-corrected chi connectivity index (χ2v) is 13.1. The number of rotatable bonds is 5. The predicted octanol–water partition coefficient (Wildman–Crippen LogP) is 12.9. The lowest BCUT2D eigenvalue weighted by Gasteiger charge is -2.26. The van der Waals surface area contributed by atoms with Crippen LogP contribution in [-0.4, -0.2) is 4.98 Å². The van der Waals surface area contributed by atoms with Gasteiger partial charge in [-0.1, -0.05) is 84.9 Å². The Labute approximate surface area is 279 Å². The molecule has 0 fully saturated rings. The van der Waals surface area contributed by atoms with Gasteiger partial charge >= 0.3 is 0 Å². The number of oxazole rings is 1. The lowest BCUT2D eigenvalue weighted by Crippen LogP contribution is -2.09. The van der Waals surface area contributed by atoms with Crippen LogP contribution in [0.4, 0.5) is 17.1 Å². The van der Waals surface area contributed by atoms with Crippen LogP contribution in [0.3, 0.4) is 0 Å². The first-order valence-corrected chi connectivity index (χ1v) is 16.8. The Hall–Kier alpha value is -6.17. The molecule has 10 rings (SSSR count). The third-order valence-electron chi connectivity index (χ3n) is 9.11. The minimum Gasteiger partial charge on any atom is -0.456 e. The fourth-order valence-corrected chi connectivity index (χ4v) is 7.96. The second kappa shape index (κ2) is 10.7. The zero-order valence-corrected chi connectivity index (χ0v) is 26.4. The maximum atomic E-state index is 6.52. The average molecular weight is 635 g/mol. The number of fused-ring (bicyclic) bond motifs is 8. The number of benzene rings is 7. The van der Waals surface area contributed by atoms with Crippen molar-refractivity contribution in [3.63, 3.8) is 0 Å². The van der Waals surface area contributed by atoms with E-state index in [1.807, 2.05) is 59.9 Å². The maximum Gasteiger partial charge on any atom is 0.227 e. The molecule has 3 aromatic heterocycles. The Kier molecular flexibility index (Phi) is 6.01. The zero-order chi connectivity index (χ0) is 31.6. The molecular formula is C43H26N2O2S. The lowest BCUT2D eigenvalue weighted by molar-refractivity contribution is 0.619. The molecule has 0 N–H and O–H groups in total. The van der Waals surface area contributed by atoms with Gasteiger partial charge in [-0.2, -0.15) is 0 Å². The molecule has 0 bridgehead atoms. The fraction of sp³-hybridized carbons (Fsp3) is 0. The molecule has 3 heterocycles. The lowest BCUT2D eigenvalue weighted by atomic mass is 10.0. The average Bonchev–Trinajstić information content (AvgIpc) is 3.85. The normalized spacial score (nSPS) is 11.8. The molecule has 0 saturated heterocycles. The summed E-state index contributed by atoms with van der Waals surface area (Å²) in [7, 11) is 0. The molecule has 0 aliphatic rings. The van der Waals surface area contributed by atoms with Gasteiger partial charge in [0.1, 0.15) is 16.7 Å². The van der Waals surface area contributed by atoms with Crippen LogP contribution >= 0.6 is 11.3 Å². The molecule has 7 aromatic carbocycles. The molecule has 0 spiro atoms. The molecule has 4 nitrogen and oxygen atoms in total. The molecular weight excluding hydrogens is 609 g/mol. The summed E-state index contributed by atoms with van der Waals surface area (Å²) in [5, 5.41) is 4.54. The van der Waals surface area contributed by atoms with E-state index in [-0.39, 0.29) is 0 Å². The third kappa shape index (κ3) is 4.33. The van der Waals surface area contributed by atoms with E-state index in [9.17, 15) is 0 Å². The fourth-order valence-electron chi connectivity index (χ4n) is 6.82. The van der Waals surface area contributed by atoms with E-state index < -0.39 is 0 Å². The van der Waals surface area contributed by atoms with Gasteiger partial charge in [0.2, 0.25) is 5.89 Å². The van der Waals surface area contributed by atoms with Gasteiger partial charge in [-0.3, -0.25) is 0 Å². The largest absolute Gasteiger partial charge is 0.456 e. The van der Waals surface area contributed by atoms with Crippen molar-refractivity contribution < 1.29 is 8.83 Å². The van der Waals surface area contributed by atoms with E-state index in [1.54, 1.807) is 0 Å². The van der Waals surface area contributed by atoms with E-state index in [2.05, 4.69) is 114 Å². The van der Waals surface area contributed by atoms with Crippen molar-refractivity contribution in [2.75, 3.05) is 4.90 Å². The number of hydrogen-bond donors (Lipinski definition) is 0. The summed E-state index contributed by atoms with van der Waals surface area (Å²) in [5.41, 5.74) is 9.62. The van der Waals surface area contributed by atoms with Gasteiger partial charge in [0.05, 0.1) is 5.39 Å². The molecule has 0 aliphatic carbocycles. The van der Waals surface area contributed by atoms with E-state index in [4.69, 9.17) is 13.8 Å². The van der Waals surface area contributed by atoms with Crippen molar-refractivity contribution in [2.24, 2.45) is 0 Å². The number of furan rings is 1. The first kappa shape index (κ1) is 27.0. The van der Waals surface area contributed by atoms with Crippen LogP contribution in [0.15, 0.2) is 167 Å². The molecule has 5 heteroatoms. The predicted molar refractivity (Wildman–Crippen MR) is 200 cm³/mol. The van der Waals surface area contributed by atoms with E-state index >= 15 is 0 Å². The van der Waals surface area contributed by atoms with Gasteiger partial charge in [0.25, 0.3) is 0 Å². The van der Waals surface area contributed by atoms with Gasteiger partial charge in [-0.05, 0) is 77.9 Å². The molecule has 0 amide bonds. The van der Waals surface area contributed by atoms with Crippen LogP contribution in [0.2, 0.25) is 0 Å². The van der Waals surface area contributed by atoms with Crippen molar-refractivity contribution in [3.8, 4) is 22.6 Å². The van der Waals surface area contributed by atoms with Gasteiger partial charge in [-0.15, -0.1) is 11.3 Å². The van der Waals surface area contributed by atoms with Crippen LogP contribution in [0.1, 0.15) is 0 Å². The summed E-state index contributed by atoms with van der Waals surface area (Å²) in [4.78, 5) is 7.24. The monoisotopic (exact) mass is 634 g/mol. The quantitative estimate of drug-likeness (QED) is 0.189. The van der Waals surface area contributed by atoms with Gasteiger partial charge in [-0.25, -0.2) is 4.98 Å². The number of thiophene rings is 1. The Balaban J connectivity index is 1.14. The molecule has 226 valence electrons. The number of aromatic nitrogens is 1. The SMILES string of the molecule is c1ccc(-c2ccc(N(c3ccc4c(c3)oc3ccc5oc(-c6ccccc6)nc5c34)c3ccc4c(c3)sc3ccccc34)cc2)cc1. The van der Waals surface area contributed by atoms with Crippen LogP contribution in [0.25, 0.3) is 75.8 Å². The molecule has 0 aliphatic heterocycles. The van der Waals surface area contributed by atoms with Crippen LogP contribution in [0.5, 0.6) is 0 Å². The van der Waals surface area contributed by atoms with Crippen LogP contribution < -0.4 is 4.90 Å². The molecule has 48 heavy (non-hydrogen) atoms. The number of hydrogen-bond acceptors (Lipinski definition) is 5. The highest BCUT2D eigenvalue weighted by atomic mass is 32.1. The Bertz CT molecular complexity index is 2780. The molecule has 0 saturated carbocycles. The molecule has 10 aromatic rings. The minimum absolute atomic E-state index is 0.603. The van der Waals surface area contributed by atoms with Crippen LogP contribution in [0, 0.1) is 0 Å². The smallest absolute Gasteiger partial charge is 0.227 e. The summed E-state index contributed by atoms with van der Waals surface area (Å²) < 4.78 is 15.3. The highest BCUT2D eigenvalue weighted by molar-refractivity contribution is 7.25. The second-order valence-electron chi connectivity index (χ2n) is 12.0. The minimum atomic E-state index is 0.603. The Morgan fingerprint density at radius 1 is 0.438 bits per heavy atom. The summed E-state index contributed by atoms with van der Waals surface area (Å²) in [6, 6.07) is 55.1. The van der Waals surface area contributed by atoms with E-state index in [0.29, 0.717) is 5.89 Å². The zero-order valence-electron chi connectivity index (χ0n) is 25.6. The van der Waals surface area contributed by atoms with Crippen molar-refractivity contribution in [2.45, 2.75) is 0 Å². The standard InChI is InChI=1S/C43H26N2O2S/c1-3-9-27(10-4-1)28-15-17-30(18-16-28)45(32-19-21-34-33-13-7-8-14-39(33)48-40(34)26-32)31-20-22-35-38(25-31)46-36-23-24-37-42(41(35)36)44-43(47-37)29-11-5-2-6-12-29/h1-26H. The Morgan fingerprint density at radius 3 is 1.88 bits per heavy atom. The van der Waals surface area contributed by atoms with Crippen molar-refractivity contribution in [1.82, 2.24) is 4.98 Å². The van der Waals surface area contributed by atoms with E-state index in [1.165, 1.54) is 31.3 Å². The summed E-state index contributed by atoms with van der Waals surface area (Å²) >= 11 is 1.83. The topological polar surface area (TPSA) is 42.4 Å². The molecule has 0 unspecified atom stereocenters. The summed E-state index contributed by atoms with van der Waals surface area (Å²) in [5.74, 6) is 0.603. The first-order chi connectivity index (χ1) is 23.8. The highest BCUT2D eigenvalue weighted by Crippen LogP contribution is 2.43. The Morgan fingerprint density at radius 2 is 1.06 bits per heavy atom. The number of nitrogens with zero attached hydrogens (tertiary/aromatic N) is 2. The first-order valence-electron chi connectivity index (χ1n) is 15.9. The highest BCUT2D eigenvalue weighted by Gasteiger charge is 2.20. The van der Waals surface area contributed by atoms with Gasteiger partial charge in [0, 0.05) is 54.3 Å². The van der Waals surface area contributed by atoms with Crippen molar-refractivity contribution in [3.05, 3.63) is 158 Å². The number of anilines is 3. The molecule has 0 radical (unpaired) electrons. The van der Waals surface area contributed by atoms with Gasteiger partial charge in [0.15, 0.2) is 5.58 Å². The molecule has 0 atom stereocenters. The van der Waals surface area contributed by atoms with Crippen molar-refractivity contribution >= 4 is 81.6 Å². The van der Waals surface area contributed by atoms with Crippen LogP contribution in [-0.2, 0) is 0 Å². The van der Waals surface area contributed by atoms with Crippen molar-refractivity contribution in [1.29, 1.82) is 0 Å². The third-order valence-corrected chi connectivity index (χ3v) is 10.2. The summed E-state index contributed by atoms with van der Waals surface area (Å²) in [6.07, 6.45) is 0. The van der Waals surface area contributed by atoms with E-state index in [0.717, 1.165) is 55.7 Å².